The number of thiophene rings is 1. The molecule has 0 aliphatic carbocycles. The molecule has 0 amide bonds. The molecule has 0 unspecified atom stereocenters. The van der Waals surface area contributed by atoms with E-state index in [0.717, 1.165) is 12.8 Å². The second-order valence-electron chi connectivity index (χ2n) is 4.49. The monoisotopic (exact) mass is 246 g/mol. The molecule has 1 heteroatoms. The zero-order chi connectivity index (χ0) is 12.4. The van der Waals surface area contributed by atoms with Gasteiger partial charge in [-0.2, -0.15) is 0 Å². The Morgan fingerprint density at radius 2 is 1.29 bits per heavy atom. The number of fused-ring (bicyclic) bond motifs is 1. The van der Waals surface area contributed by atoms with Gasteiger partial charge in [0.05, 0.1) is 0 Å². The number of aryl methyl sites for hydroxylation is 2. The van der Waals surface area contributed by atoms with Crippen LogP contribution in [0.15, 0.2) is 11.4 Å². The first-order chi connectivity index (χ1) is 8.28. The highest BCUT2D eigenvalue weighted by molar-refractivity contribution is 7.17. The summed E-state index contributed by atoms with van der Waals surface area (Å²) >= 11 is 1.92. The molecule has 0 fully saturated rings. The zero-order valence-electron chi connectivity index (χ0n) is 11.4. The average molecular weight is 246 g/mol. The largest absolute Gasteiger partial charge is 0.144 e. The molecule has 0 saturated heterocycles. The third kappa shape index (κ3) is 1.91. The molecule has 0 nitrogen and oxygen atoms in total. The molecule has 0 N–H and O–H groups in total. The quantitative estimate of drug-likeness (QED) is 0.699. The zero-order valence-corrected chi connectivity index (χ0v) is 12.2. The van der Waals surface area contributed by atoms with Gasteiger partial charge >= 0.3 is 0 Å². The molecule has 0 radical (unpaired) electrons. The number of hydrogen-bond acceptors (Lipinski definition) is 1. The van der Waals surface area contributed by atoms with E-state index in [2.05, 4.69) is 39.1 Å². The lowest BCUT2D eigenvalue weighted by Crippen LogP contribution is -2.03. The van der Waals surface area contributed by atoms with E-state index in [4.69, 9.17) is 0 Å². The highest BCUT2D eigenvalue weighted by Gasteiger charge is 2.15. The standard InChI is InChI=1S/C16H22S/c1-5-11-12(6-2)14(8-4)16-15(9-10-17-16)13(11)7-3/h9-10H,5-8H2,1-4H3. The first-order valence-electron chi connectivity index (χ1n) is 6.80. The van der Waals surface area contributed by atoms with E-state index in [-0.39, 0.29) is 0 Å². The third-order valence-corrected chi connectivity index (χ3v) is 4.75. The molecule has 0 spiro atoms. The van der Waals surface area contributed by atoms with Crippen molar-refractivity contribution in [2.75, 3.05) is 0 Å². The molecule has 1 heterocycles. The van der Waals surface area contributed by atoms with Gasteiger partial charge in [0.25, 0.3) is 0 Å². The first kappa shape index (κ1) is 12.6. The Morgan fingerprint density at radius 3 is 1.82 bits per heavy atom. The fourth-order valence-corrected chi connectivity index (χ4v) is 4.14. The maximum atomic E-state index is 2.32. The minimum absolute atomic E-state index is 1.16. The Morgan fingerprint density at radius 1 is 0.765 bits per heavy atom. The van der Waals surface area contributed by atoms with Crippen LogP contribution in [0.4, 0.5) is 0 Å². The Bertz CT molecular complexity index is 474. The number of benzene rings is 1. The summed E-state index contributed by atoms with van der Waals surface area (Å²) in [5, 5.41) is 3.77. The number of rotatable bonds is 4. The van der Waals surface area contributed by atoms with Gasteiger partial charge in [0.15, 0.2) is 0 Å². The van der Waals surface area contributed by atoms with Gasteiger partial charge in [-0.1, -0.05) is 27.7 Å². The van der Waals surface area contributed by atoms with E-state index < -0.39 is 0 Å². The minimum Gasteiger partial charge on any atom is -0.144 e. The second-order valence-corrected chi connectivity index (χ2v) is 5.41. The second kappa shape index (κ2) is 5.22. The van der Waals surface area contributed by atoms with E-state index in [0.29, 0.717) is 0 Å². The summed E-state index contributed by atoms with van der Waals surface area (Å²) in [5.41, 5.74) is 6.45. The van der Waals surface area contributed by atoms with E-state index in [1.54, 1.807) is 27.0 Å². The van der Waals surface area contributed by atoms with Crippen molar-refractivity contribution < 1.29 is 0 Å². The van der Waals surface area contributed by atoms with Crippen LogP contribution in [0, 0.1) is 0 Å². The summed E-state index contributed by atoms with van der Waals surface area (Å²) in [4.78, 5) is 0. The van der Waals surface area contributed by atoms with Crippen LogP contribution in [0.2, 0.25) is 0 Å². The molecular weight excluding hydrogens is 224 g/mol. The fraction of sp³-hybridized carbons (Fsp3) is 0.500. The van der Waals surface area contributed by atoms with Gasteiger partial charge in [0, 0.05) is 4.70 Å². The van der Waals surface area contributed by atoms with E-state index in [9.17, 15) is 0 Å². The van der Waals surface area contributed by atoms with Crippen LogP contribution in [-0.2, 0) is 25.7 Å². The molecule has 1 aromatic carbocycles. The summed E-state index contributed by atoms with van der Waals surface area (Å²) in [6.07, 6.45) is 4.67. The highest BCUT2D eigenvalue weighted by atomic mass is 32.1. The SMILES string of the molecule is CCc1c(CC)c(CC)c2sccc2c1CC. The van der Waals surface area contributed by atoms with Crippen molar-refractivity contribution in [2.45, 2.75) is 53.4 Å². The smallest absolute Gasteiger partial charge is 0.0380 e. The van der Waals surface area contributed by atoms with Crippen LogP contribution in [0.25, 0.3) is 10.1 Å². The molecule has 0 aliphatic heterocycles. The molecule has 92 valence electrons. The van der Waals surface area contributed by atoms with Crippen molar-refractivity contribution in [3.8, 4) is 0 Å². The molecule has 0 atom stereocenters. The Hall–Kier alpha value is -0.820. The van der Waals surface area contributed by atoms with Gasteiger partial charge in [0.2, 0.25) is 0 Å². The predicted molar refractivity (Wildman–Crippen MR) is 79.3 cm³/mol. The summed E-state index contributed by atoms with van der Waals surface area (Å²) < 4.78 is 1.54. The normalized spacial score (nSPS) is 11.3. The Balaban J connectivity index is 2.89. The topological polar surface area (TPSA) is 0 Å². The van der Waals surface area contributed by atoms with Crippen molar-refractivity contribution in [1.29, 1.82) is 0 Å². The van der Waals surface area contributed by atoms with Crippen LogP contribution in [-0.4, -0.2) is 0 Å². The van der Waals surface area contributed by atoms with Gasteiger partial charge < -0.3 is 0 Å². The van der Waals surface area contributed by atoms with Gasteiger partial charge in [0.1, 0.15) is 0 Å². The van der Waals surface area contributed by atoms with Crippen molar-refractivity contribution in [2.24, 2.45) is 0 Å². The van der Waals surface area contributed by atoms with Crippen molar-refractivity contribution >= 4 is 21.4 Å². The maximum Gasteiger partial charge on any atom is 0.0380 e. The van der Waals surface area contributed by atoms with Gasteiger partial charge in [-0.3, -0.25) is 0 Å². The molecule has 1 aromatic heterocycles. The lowest BCUT2D eigenvalue weighted by molar-refractivity contribution is 0.962. The van der Waals surface area contributed by atoms with Crippen LogP contribution in [0.1, 0.15) is 49.9 Å². The van der Waals surface area contributed by atoms with Crippen molar-refractivity contribution in [1.82, 2.24) is 0 Å². The van der Waals surface area contributed by atoms with E-state index in [1.807, 2.05) is 11.3 Å². The van der Waals surface area contributed by atoms with Gasteiger partial charge in [-0.25, -0.2) is 0 Å². The van der Waals surface area contributed by atoms with Gasteiger partial charge in [-0.15, -0.1) is 11.3 Å². The summed E-state index contributed by atoms with van der Waals surface area (Å²) in [7, 11) is 0. The third-order valence-electron chi connectivity index (χ3n) is 3.77. The lowest BCUT2D eigenvalue weighted by Gasteiger charge is -2.18. The first-order valence-corrected chi connectivity index (χ1v) is 7.68. The molecule has 0 bridgehead atoms. The summed E-state index contributed by atoms with van der Waals surface area (Å²) in [6.45, 7) is 9.17. The van der Waals surface area contributed by atoms with E-state index in [1.165, 1.54) is 18.2 Å². The summed E-state index contributed by atoms with van der Waals surface area (Å²) in [6, 6.07) is 2.32. The molecule has 17 heavy (non-hydrogen) atoms. The molecule has 0 saturated carbocycles. The Labute approximate surface area is 109 Å². The molecule has 2 aromatic rings. The highest BCUT2D eigenvalue weighted by Crippen LogP contribution is 2.35. The van der Waals surface area contributed by atoms with Crippen molar-refractivity contribution in [3.05, 3.63) is 33.7 Å². The molecule has 2 rings (SSSR count). The van der Waals surface area contributed by atoms with Crippen molar-refractivity contribution in [3.63, 3.8) is 0 Å². The fourth-order valence-electron chi connectivity index (χ4n) is 3.08. The molecule has 0 aliphatic rings. The number of hydrogen-bond donors (Lipinski definition) is 0. The summed E-state index contributed by atoms with van der Waals surface area (Å²) in [5.74, 6) is 0. The van der Waals surface area contributed by atoms with Crippen LogP contribution in [0.5, 0.6) is 0 Å². The maximum absolute atomic E-state index is 2.32. The van der Waals surface area contributed by atoms with Crippen LogP contribution < -0.4 is 0 Å². The Kier molecular flexibility index (Phi) is 3.88. The predicted octanol–water partition coefficient (Wildman–Crippen LogP) is 5.15. The minimum atomic E-state index is 1.16. The van der Waals surface area contributed by atoms with Crippen LogP contribution in [0.3, 0.4) is 0 Å². The lowest BCUT2D eigenvalue weighted by atomic mass is 9.88. The van der Waals surface area contributed by atoms with Gasteiger partial charge in [-0.05, 0) is 64.8 Å². The average Bonchev–Trinajstić information content (AvgIpc) is 2.84. The van der Waals surface area contributed by atoms with Crippen LogP contribution >= 0.6 is 11.3 Å². The van der Waals surface area contributed by atoms with E-state index >= 15 is 0 Å². The molecular formula is C16H22S.